The fourth-order valence-electron chi connectivity index (χ4n) is 10.9. The molecule has 6 atom stereocenters. The molecule has 0 bridgehead atoms. The number of phosphoric acid groups is 2. The van der Waals surface area contributed by atoms with Gasteiger partial charge < -0.3 is 33.8 Å². The van der Waals surface area contributed by atoms with E-state index in [1.54, 1.807) is 0 Å². The molecule has 0 radical (unpaired) electrons. The van der Waals surface area contributed by atoms with E-state index in [9.17, 15) is 43.2 Å². The van der Waals surface area contributed by atoms with E-state index in [1.807, 2.05) is 0 Å². The Morgan fingerprint density at radius 1 is 0.319 bits per heavy atom. The number of esters is 4. The third-order valence-corrected chi connectivity index (χ3v) is 18.9. The van der Waals surface area contributed by atoms with Crippen LogP contribution in [0.25, 0.3) is 0 Å². The summed E-state index contributed by atoms with van der Waals surface area (Å²) in [5.74, 6) is 0.237. The number of hydrogen-bond donors (Lipinski definition) is 3. The third kappa shape index (κ3) is 65.1. The molecule has 0 aliphatic carbocycles. The van der Waals surface area contributed by atoms with Gasteiger partial charge in [0.1, 0.15) is 19.3 Å². The number of aliphatic hydroxyl groups is 1. The quantitative estimate of drug-likeness (QED) is 0.0222. The van der Waals surface area contributed by atoms with Crippen molar-refractivity contribution in [2.24, 2.45) is 17.8 Å². The highest BCUT2D eigenvalue weighted by Crippen LogP contribution is 2.45. The number of ether oxygens (including phenoxy) is 4. The van der Waals surface area contributed by atoms with Crippen molar-refractivity contribution in [1.82, 2.24) is 0 Å². The number of rotatable bonds is 70. The van der Waals surface area contributed by atoms with Gasteiger partial charge in [-0.15, -0.1) is 0 Å². The minimum absolute atomic E-state index is 0.105. The Morgan fingerprint density at radius 3 is 0.835 bits per heavy atom. The van der Waals surface area contributed by atoms with E-state index in [-0.39, 0.29) is 25.7 Å². The van der Waals surface area contributed by atoms with Crippen LogP contribution in [0.3, 0.4) is 0 Å². The van der Waals surface area contributed by atoms with Gasteiger partial charge in [-0.1, -0.05) is 312 Å². The molecule has 0 fully saturated rings. The summed E-state index contributed by atoms with van der Waals surface area (Å²) in [4.78, 5) is 72.4. The van der Waals surface area contributed by atoms with E-state index >= 15 is 0 Å². The lowest BCUT2D eigenvalue weighted by Crippen LogP contribution is -2.30. The molecule has 0 aromatic carbocycles. The first-order valence-electron chi connectivity index (χ1n) is 37.4. The zero-order chi connectivity index (χ0) is 67.3. The Bertz CT molecular complexity index is 1790. The minimum atomic E-state index is -4.95. The van der Waals surface area contributed by atoms with Crippen LogP contribution in [-0.2, 0) is 65.4 Å². The van der Waals surface area contributed by atoms with E-state index in [0.717, 1.165) is 114 Å². The predicted molar refractivity (Wildman–Crippen MR) is 368 cm³/mol. The highest BCUT2D eigenvalue weighted by Gasteiger charge is 2.30. The molecule has 0 heterocycles. The average Bonchev–Trinajstić information content (AvgIpc) is 3.59. The molecular formula is C72H140O17P2. The van der Waals surface area contributed by atoms with Gasteiger partial charge >= 0.3 is 39.5 Å². The molecule has 91 heavy (non-hydrogen) atoms. The van der Waals surface area contributed by atoms with Crippen molar-refractivity contribution in [2.45, 2.75) is 381 Å². The second-order valence-corrected chi connectivity index (χ2v) is 30.1. The second-order valence-electron chi connectivity index (χ2n) is 27.2. The molecule has 0 saturated carbocycles. The summed E-state index contributed by atoms with van der Waals surface area (Å²) < 4.78 is 68.2. The fraction of sp³-hybridized carbons (Fsp3) is 0.944. The maximum atomic E-state index is 13.0. The summed E-state index contributed by atoms with van der Waals surface area (Å²) in [5, 5.41) is 10.6. The highest BCUT2D eigenvalue weighted by molar-refractivity contribution is 7.47. The predicted octanol–water partition coefficient (Wildman–Crippen LogP) is 20.6. The summed E-state index contributed by atoms with van der Waals surface area (Å²) in [6.45, 7) is 11.8. The van der Waals surface area contributed by atoms with Crippen LogP contribution in [0.1, 0.15) is 363 Å². The number of unbranched alkanes of at least 4 members (excludes halogenated alkanes) is 37. The first-order valence-corrected chi connectivity index (χ1v) is 40.4. The summed E-state index contributed by atoms with van der Waals surface area (Å²) in [7, 11) is -9.90. The van der Waals surface area contributed by atoms with Crippen LogP contribution in [0.2, 0.25) is 0 Å². The summed E-state index contributed by atoms with van der Waals surface area (Å²) in [5.41, 5.74) is 0. The SMILES string of the molecule is CCCCCCCC(=O)OC[C@H](COP(=O)(O)OC[C@H](O)COP(=O)(O)OC[C@@H](COC(=O)CCCCCCCCCCCCC(C)CC)OC(=O)CCCCCCCCCCCCCCCCCCC(C)C)OC(=O)CCCCCCCCCCCCC(C)C. The maximum absolute atomic E-state index is 13.0. The monoisotopic (exact) mass is 1340 g/mol. The molecular weight excluding hydrogens is 1200 g/mol. The van der Waals surface area contributed by atoms with Crippen molar-refractivity contribution >= 4 is 39.5 Å². The van der Waals surface area contributed by atoms with Gasteiger partial charge in [0.25, 0.3) is 0 Å². The average molecular weight is 1340 g/mol. The van der Waals surface area contributed by atoms with Crippen molar-refractivity contribution in [1.29, 1.82) is 0 Å². The lowest BCUT2D eigenvalue weighted by atomic mass is 9.99. The lowest BCUT2D eigenvalue weighted by molar-refractivity contribution is -0.161. The number of carbonyl (C=O) groups excluding carboxylic acids is 4. The number of carbonyl (C=O) groups is 4. The van der Waals surface area contributed by atoms with Crippen LogP contribution in [0, 0.1) is 17.8 Å². The first kappa shape index (κ1) is 89.1. The van der Waals surface area contributed by atoms with Gasteiger partial charge in [-0.3, -0.25) is 37.3 Å². The lowest BCUT2D eigenvalue weighted by Gasteiger charge is -2.21. The van der Waals surface area contributed by atoms with Gasteiger partial charge in [0.2, 0.25) is 0 Å². The Balaban J connectivity index is 5.15. The van der Waals surface area contributed by atoms with Crippen LogP contribution < -0.4 is 0 Å². The Hall–Kier alpha value is -1.94. The molecule has 540 valence electrons. The summed E-state index contributed by atoms with van der Waals surface area (Å²) in [6, 6.07) is 0. The number of hydrogen-bond acceptors (Lipinski definition) is 15. The molecule has 0 aromatic heterocycles. The van der Waals surface area contributed by atoms with Crippen LogP contribution in [0.15, 0.2) is 0 Å². The van der Waals surface area contributed by atoms with Crippen molar-refractivity contribution in [3.8, 4) is 0 Å². The molecule has 0 spiro atoms. The van der Waals surface area contributed by atoms with Crippen molar-refractivity contribution in [2.75, 3.05) is 39.6 Å². The molecule has 19 heteroatoms. The highest BCUT2D eigenvalue weighted by atomic mass is 31.2. The number of phosphoric ester groups is 2. The molecule has 17 nitrogen and oxygen atoms in total. The largest absolute Gasteiger partial charge is 0.472 e. The molecule has 0 aliphatic rings. The van der Waals surface area contributed by atoms with Gasteiger partial charge in [0.15, 0.2) is 12.2 Å². The number of aliphatic hydroxyl groups excluding tert-OH is 1. The van der Waals surface area contributed by atoms with Gasteiger partial charge in [-0.05, 0) is 43.4 Å². The van der Waals surface area contributed by atoms with E-state index < -0.39 is 97.5 Å². The molecule has 0 aromatic rings. The van der Waals surface area contributed by atoms with Gasteiger partial charge in [-0.25, -0.2) is 9.13 Å². The molecule has 3 N–H and O–H groups in total. The van der Waals surface area contributed by atoms with Crippen molar-refractivity contribution in [3.05, 3.63) is 0 Å². The zero-order valence-corrected chi connectivity index (χ0v) is 61.1. The Kier molecular flexibility index (Phi) is 61.5. The minimum Gasteiger partial charge on any atom is -0.462 e. The normalized spacial score (nSPS) is 14.5. The summed E-state index contributed by atoms with van der Waals surface area (Å²) >= 11 is 0. The van der Waals surface area contributed by atoms with E-state index in [1.165, 1.54) is 167 Å². The Labute approximate surface area is 556 Å². The van der Waals surface area contributed by atoms with Crippen LogP contribution in [0.4, 0.5) is 0 Å². The smallest absolute Gasteiger partial charge is 0.462 e. The maximum Gasteiger partial charge on any atom is 0.472 e. The summed E-state index contributed by atoms with van der Waals surface area (Å²) in [6.07, 6.45) is 47.5. The Morgan fingerprint density at radius 2 is 0.560 bits per heavy atom. The van der Waals surface area contributed by atoms with E-state index in [2.05, 4.69) is 48.5 Å². The van der Waals surface area contributed by atoms with Crippen LogP contribution in [-0.4, -0.2) is 96.7 Å². The fourth-order valence-corrected chi connectivity index (χ4v) is 12.4. The van der Waals surface area contributed by atoms with E-state index in [4.69, 9.17) is 37.0 Å². The molecule has 0 aliphatic heterocycles. The van der Waals surface area contributed by atoms with Crippen molar-refractivity contribution < 1.29 is 80.2 Å². The molecule has 0 amide bonds. The van der Waals surface area contributed by atoms with Crippen molar-refractivity contribution in [3.63, 3.8) is 0 Å². The standard InChI is InChI=1S/C72H140O17P2/c1-8-10-11-36-46-53-69(74)82-59-67(88-71(76)56-49-42-35-29-22-20-25-31-38-44-51-64(5)6)61-86-90(78,79)84-57-66(73)58-85-91(80,81)87-62-68(60-83-70(75)54-47-40-33-27-23-21-26-32-39-45-52-65(7)9-2)89-72(77)55-48-41-34-28-19-17-15-13-12-14-16-18-24-30-37-43-50-63(3)4/h63-68,73H,8-62H2,1-7H3,(H,78,79)(H,80,81)/t65?,66-,67+,68+/m0/s1. The van der Waals surface area contributed by atoms with E-state index in [0.29, 0.717) is 25.7 Å². The molecule has 0 saturated heterocycles. The van der Waals surface area contributed by atoms with Gasteiger partial charge in [0, 0.05) is 25.7 Å². The second kappa shape index (κ2) is 62.8. The van der Waals surface area contributed by atoms with Crippen LogP contribution in [0.5, 0.6) is 0 Å². The van der Waals surface area contributed by atoms with Gasteiger partial charge in [-0.2, -0.15) is 0 Å². The van der Waals surface area contributed by atoms with Gasteiger partial charge in [0.05, 0.1) is 26.4 Å². The molecule has 0 rings (SSSR count). The van der Waals surface area contributed by atoms with Crippen LogP contribution >= 0.6 is 15.6 Å². The zero-order valence-electron chi connectivity index (χ0n) is 59.3. The molecule has 3 unspecified atom stereocenters. The third-order valence-electron chi connectivity index (χ3n) is 17.0. The first-order chi connectivity index (χ1) is 43.8. The topological polar surface area (TPSA) is 237 Å².